The van der Waals surface area contributed by atoms with Crippen molar-refractivity contribution in [3.63, 3.8) is 0 Å². The van der Waals surface area contributed by atoms with E-state index >= 15 is 0 Å². The van der Waals surface area contributed by atoms with Crippen LogP contribution in [-0.4, -0.2) is 35.6 Å². The number of aromatic nitrogens is 2. The summed E-state index contributed by atoms with van der Waals surface area (Å²) in [5.74, 6) is 0.791. The van der Waals surface area contributed by atoms with E-state index in [0.29, 0.717) is 24.8 Å². The van der Waals surface area contributed by atoms with E-state index in [1.807, 2.05) is 25.1 Å². The molecule has 0 saturated carbocycles. The number of amides is 1. The average molecular weight is 425 g/mol. The number of thiazole rings is 2. The second kappa shape index (κ2) is 7.27. The number of nitrogens with one attached hydrogen (secondary N) is 1. The fraction of sp³-hybridized carbons (Fsp3) is 0.286. The van der Waals surface area contributed by atoms with Gasteiger partial charge >= 0.3 is 0 Å². The zero-order valence-electron chi connectivity index (χ0n) is 16.1. The van der Waals surface area contributed by atoms with Crippen molar-refractivity contribution < 1.29 is 9.53 Å². The van der Waals surface area contributed by atoms with Gasteiger partial charge in [0.25, 0.3) is 0 Å². The molecule has 2 aromatic carbocycles. The van der Waals surface area contributed by atoms with Gasteiger partial charge < -0.3 is 15.0 Å². The van der Waals surface area contributed by atoms with Crippen LogP contribution in [0.1, 0.15) is 12.5 Å². The van der Waals surface area contributed by atoms with Crippen LogP contribution in [0.15, 0.2) is 36.4 Å². The lowest BCUT2D eigenvalue weighted by Crippen LogP contribution is -2.52. The predicted molar refractivity (Wildman–Crippen MR) is 119 cm³/mol. The Balaban J connectivity index is 1.23. The van der Waals surface area contributed by atoms with E-state index in [1.165, 1.54) is 21.6 Å². The molecule has 0 radical (unpaired) electrons. The highest BCUT2D eigenvalue weighted by Gasteiger charge is 2.34. The van der Waals surface area contributed by atoms with Gasteiger partial charge in [-0.05, 0) is 49.7 Å². The van der Waals surface area contributed by atoms with Gasteiger partial charge in [-0.25, -0.2) is 9.97 Å². The Labute approximate surface area is 176 Å². The summed E-state index contributed by atoms with van der Waals surface area (Å²) in [6.07, 6.45) is 0. The summed E-state index contributed by atoms with van der Waals surface area (Å²) < 4.78 is 7.73. The minimum absolute atomic E-state index is 0.0160. The third kappa shape index (κ3) is 3.54. The van der Waals surface area contributed by atoms with Crippen LogP contribution in [0.25, 0.3) is 20.4 Å². The molecule has 6 nitrogen and oxygen atoms in total. The van der Waals surface area contributed by atoms with E-state index in [9.17, 15) is 4.79 Å². The van der Waals surface area contributed by atoms with Gasteiger partial charge in [-0.1, -0.05) is 28.7 Å². The standard InChI is InChI=1S/C21H20N4O2S2/c1-3-27-14-5-7-15-18(9-14)28-20(22-15)24-19(26)13-10-25(11-13)21-23-16-6-4-12(2)8-17(16)29-21/h4-9,13H,3,10-11H2,1-2H3,(H,22,24,26). The molecule has 0 spiro atoms. The van der Waals surface area contributed by atoms with Crippen molar-refractivity contribution in [3.05, 3.63) is 42.0 Å². The third-order valence-corrected chi connectivity index (χ3v) is 6.97. The van der Waals surface area contributed by atoms with Crippen molar-refractivity contribution in [2.24, 2.45) is 5.92 Å². The lowest BCUT2D eigenvalue weighted by molar-refractivity contribution is -0.120. The van der Waals surface area contributed by atoms with Crippen molar-refractivity contribution in [2.45, 2.75) is 13.8 Å². The Morgan fingerprint density at radius 1 is 1.14 bits per heavy atom. The molecule has 2 aromatic heterocycles. The second-order valence-electron chi connectivity index (χ2n) is 7.14. The number of carbonyl (C=O) groups is 1. The van der Waals surface area contributed by atoms with Gasteiger partial charge in [-0.2, -0.15) is 0 Å². The molecule has 0 unspecified atom stereocenters. The molecule has 5 rings (SSSR count). The quantitative estimate of drug-likeness (QED) is 0.503. The van der Waals surface area contributed by atoms with Gasteiger partial charge in [0.2, 0.25) is 5.91 Å². The summed E-state index contributed by atoms with van der Waals surface area (Å²) in [6.45, 7) is 6.04. The largest absolute Gasteiger partial charge is 0.494 e. The molecule has 29 heavy (non-hydrogen) atoms. The summed E-state index contributed by atoms with van der Waals surface area (Å²) in [5, 5.41) is 4.59. The summed E-state index contributed by atoms with van der Waals surface area (Å²) in [4.78, 5) is 24.0. The van der Waals surface area contributed by atoms with Crippen LogP contribution < -0.4 is 15.0 Å². The van der Waals surface area contributed by atoms with Gasteiger partial charge in [-0.3, -0.25) is 4.79 Å². The Bertz CT molecular complexity index is 1210. The monoisotopic (exact) mass is 424 g/mol. The van der Waals surface area contributed by atoms with Gasteiger partial charge in [0.15, 0.2) is 10.3 Å². The molecule has 0 bridgehead atoms. The van der Waals surface area contributed by atoms with E-state index in [0.717, 1.165) is 26.6 Å². The van der Waals surface area contributed by atoms with E-state index < -0.39 is 0 Å². The maximum absolute atomic E-state index is 12.6. The van der Waals surface area contributed by atoms with E-state index in [1.54, 1.807) is 11.3 Å². The van der Waals surface area contributed by atoms with Gasteiger partial charge in [-0.15, -0.1) is 0 Å². The molecule has 8 heteroatoms. The third-order valence-electron chi connectivity index (χ3n) is 4.96. The first-order valence-corrected chi connectivity index (χ1v) is 11.2. The smallest absolute Gasteiger partial charge is 0.232 e. The number of anilines is 2. The van der Waals surface area contributed by atoms with E-state index in [2.05, 4.69) is 40.3 Å². The first kappa shape index (κ1) is 18.3. The minimum Gasteiger partial charge on any atom is -0.494 e. The molecule has 1 aliphatic heterocycles. The molecule has 3 heterocycles. The van der Waals surface area contributed by atoms with E-state index in [-0.39, 0.29) is 11.8 Å². The van der Waals surface area contributed by atoms with Crippen molar-refractivity contribution in [2.75, 3.05) is 29.9 Å². The first-order chi connectivity index (χ1) is 14.1. The van der Waals surface area contributed by atoms with Crippen molar-refractivity contribution in [1.82, 2.24) is 9.97 Å². The normalized spacial score (nSPS) is 14.3. The number of carbonyl (C=O) groups excluding carboxylic acids is 1. The molecular formula is C21H20N4O2S2. The molecule has 0 aliphatic carbocycles. The van der Waals surface area contributed by atoms with Crippen molar-refractivity contribution in [1.29, 1.82) is 0 Å². The van der Waals surface area contributed by atoms with Gasteiger partial charge in [0, 0.05) is 13.1 Å². The van der Waals surface area contributed by atoms with Crippen LogP contribution in [0.3, 0.4) is 0 Å². The van der Waals surface area contributed by atoms with Crippen LogP contribution in [-0.2, 0) is 4.79 Å². The molecule has 1 N–H and O–H groups in total. The van der Waals surface area contributed by atoms with Crippen LogP contribution in [0.5, 0.6) is 5.75 Å². The molecule has 1 amide bonds. The highest BCUT2D eigenvalue weighted by Crippen LogP contribution is 2.34. The van der Waals surface area contributed by atoms with Crippen LogP contribution in [0.2, 0.25) is 0 Å². The first-order valence-electron chi connectivity index (χ1n) is 9.55. The fourth-order valence-corrected chi connectivity index (χ4v) is 5.36. The Morgan fingerprint density at radius 3 is 2.72 bits per heavy atom. The number of hydrogen-bond donors (Lipinski definition) is 1. The average Bonchev–Trinajstić information content (AvgIpc) is 3.23. The molecule has 1 aliphatic rings. The zero-order chi connectivity index (χ0) is 20.0. The summed E-state index contributed by atoms with van der Waals surface area (Å²) in [7, 11) is 0. The molecule has 1 fully saturated rings. The zero-order valence-corrected chi connectivity index (χ0v) is 17.8. The number of aryl methyl sites for hydroxylation is 1. The number of nitrogens with zero attached hydrogens (tertiary/aromatic N) is 3. The number of hydrogen-bond acceptors (Lipinski definition) is 7. The lowest BCUT2D eigenvalue weighted by atomic mass is 10.0. The van der Waals surface area contributed by atoms with Gasteiger partial charge in [0.05, 0.1) is 33.0 Å². The molecule has 0 atom stereocenters. The lowest BCUT2D eigenvalue weighted by Gasteiger charge is -2.37. The molecular weight excluding hydrogens is 404 g/mol. The highest BCUT2D eigenvalue weighted by atomic mass is 32.1. The maximum atomic E-state index is 12.6. The maximum Gasteiger partial charge on any atom is 0.232 e. The molecule has 1 saturated heterocycles. The summed E-state index contributed by atoms with van der Waals surface area (Å²) in [5.41, 5.74) is 3.12. The molecule has 4 aromatic rings. The topological polar surface area (TPSA) is 67.3 Å². The Morgan fingerprint density at radius 2 is 1.90 bits per heavy atom. The minimum atomic E-state index is -0.0465. The van der Waals surface area contributed by atoms with E-state index in [4.69, 9.17) is 9.72 Å². The Hall–Kier alpha value is -2.71. The van der Waals surface area contributed by atoms with Crippen LogP contribution in [0.4, 0.5) is 10.3 Å². The van der Waals surface area contributed by atoms with Crippen molar-refractivity contribution in [3.8, 4) is 5.75 Å². The number of fused-ring (bicyclic) bond motifs is 2. The summed E-state index contributed by atoms with van der Waals surface area (Å²) >= 11 is 3.15. The van der Waals surface area contributed by atoms with Gasteiger partial charge in [0.1, 0.15) is 5.75 Å². The van der Waals surface area contributed by atoms with Crippen molar-refractivity contribution >= 4 is 59.3 Å². The van der Waals surface area contributed by atoms with Crippen LogP contribution >= 0.6 is 22.7 Å². The number of rotatable bonds is 5. The summed E-state index contributed by atoms with van der Waals surface area (Å²) in [6, 6.07) is 12.1. The predicted octanol–water partition coefficient (Wildman–Crippen LogP) is 4.69. The fourth-order valence-electron chi connectivity index (χ4n) is 3.38. The Kier molecular flexibility index (Phi) is 4.60. The second-order valence-corrected chi connectivity index (χ2v) is 9.18. The number of benzene rings is 2. The SMILES string of the molecule is CCOc1ccc2nc(NC(=O)C3CN(c4nc5ccc(C)cc5s4)C3)sc2c1. The van der Waals surface area contributed by atoms with Crippen LogP contribution in [0, 0.1) is 12.8 Å². The number of ether oxygens (including phenoxy) is 1. The molecule has 148 valence electrons. The highest BCUT2D eigenvalue weighted by molar-refractivity contribution is 7.22.